The molecule has 2 aliphatic rings. The van der Waals surface area contributed by atoms with Gasteiger partial charge < -0.3 is 23.8 Å². The summed E-state index contributed by atoms with van der Waals surface area (Å²) in [6.45, 7) is 8.43. The summed E-state index contributed by atoms with van der Waals surface area (Å²) in [5.74, 6) is 0.460. The van der Waals surface area contributed by atoms with Crippen molar-refractivity contribution in [3.05, 3.63) is 63.6 Å². The van der Waals surface area contributed by atoms with E-state index in [4.69, 9.17) is 42.1 Å². The Kier molecular flexibility index (Phi) is 7.48. The normalized spacial score (nSPS) is 17.5. The summed E-state index contributed by atoms with van der Waals surface area (Å²) >= 11 is 12.4. The second kappa shape index (κ2) is 10.9. The number of hydrogen-bond donors (Lipinski definition) is 1. The summed E-state index contributed by atoms with van der Waals surface area (Å²) in [7, 11) is 1.64. The Morgan fingerprint density at radius 3 is 2.63 bits per heavy atom. The highest BCUT2D eigenvalue weighted by Gasteiger charge is 2.42. The zero-order valence-electron chi connectivity index (χ0n) is 23.3. The lowest BCUT2D eigenvalue weighted by molar-refractivity contribution is -0.230. The molecule has 11 heteroatoms. The zero-order chi connectivity index (χ0) is 28.9. The van der Waals surface area contributed by atoms with Gasteiger partial charge in [-0.25, -0.2) is 4.98 Å². The van der Waals surface area contributed by atoms with Crippen LogP contribution in [0.25, 0.3) is 22.2 Å². The molecule has 0 unspecified atom stereocenters. The summed E-state index contributed by atoms with van der Waals surface area (Å²) in [5, 5.41) is 8.59. The van der Waals surface area contributed by atoms with Gasteiger partial charge in [0, 0.05) is 60.2 Å². The molecule has 0 radical (unpaired) electrons. The van der Waals surface area contributed by atoms with Crippen molar-refractivity contribution in [3.8, 4) is 28.5 Å². The molecule has 1 spiro atoms. The van der Waals surface area contributed by atoms with Gasteiger partial charge in [0.05, 0.1) is 24.3 Å². The van der Waals surface area contributed by atoms with Crippen molar-refractivity contribution >= 4 is 34.1 Å². The molecular weight excluding hydrogens is 570 g/mol. The number of nitrogens with one attached hydrogen (secondary N) is 1. The molecular formula is C30H31Cl2FN4O4. The number of aromatic amines is 1. The number of rotatable bonds is 6. The molecule has 2 aromatic carbocycles. The van der Waals surface area contributed by atoms with E-state index in [0.29, 0.717) is 29.7 Å². The molecule has 4 heterocycles. The van der Waals surface area contributed by atoms with Crippen LogP contribution in [0, 0.1) is 5.95 Å². The maximum atomic E-state index is 14.0. The van der Waals surface area contributed by atoms with E-state index in [1.165, 1.54) is 6.20 Å². The lowest BCUT2D eigenvalue weighted by atomic mass is 9.98. The number of likely N-dealkylation sites (tertiary alicyclic amines) is 1. The molecule has 8 nitrogen and oxygen atoms in total. The van der Waals surface area contributed by atoms with Gasteiger partial charge in [-0.05, 0) is 51.1 Å². The van der Waals surface area contributed by atoms with Crippen LogP contribution < -0.4 is 14.2 Å². The Hall–Kier alpha value is -3.11. The van der Waals surface area contributed by atoms with Crippen molar-refractivity contribution in [3.63, 3.8) is 0 Å². The van der Waals surface area contributed by atoms with Gasteiger partial charge in [-0.3, -0.25) is 5.10 Å². The topological polar surface area (TPSA) is 81.7 Å². The second-order valence-corrected chi connectivity index (χ2v) is 11.5. The summed E-state index contributed by atoms with van der Waals surface area (Å²) in [6, 6.07) is 10.0. The van der Waals surface area contributed by atoms with Crippen molar-refractivity contribution in [2.24, 2.45) is 0 Å². The summed E-state index contributed by atoms with van der Waals surface area (Å²) in [6.07, 6.45) is 2.19. The Labute approximate surface area is 247 Å². The Morgan fingerprint density at radius 1 is 1.12 bits per heavy atom. The summed E-state index contributed by atoms with van der Waals surface area (Å²) in [5.41, 5.74) is 3.62. The Bertz CT molecular complexity index is 1590. The van der Waals surface area contributed by atoms with Crippen LogP contribution in [-0.4, -0.2) is 52.1 Å². The smallest absolute Gasteiger partial charge is 0.232 e. The molecule has 4 aromatic rings. The molecule has 2 aliphatic heterocycles. The number of pyridine rings is 1. The largest absolute Gasteiger partial charge is 0.493 e. The lowest BCUT2D eigenvalue weighted by Crippen LogP contribution is -2.52. The number of hydrogen-bond acceptors (Lipinski definition) is 7. The van der Waals surface area contributed by atoms with Gasteiger partial charge in [-0.2, -0.15) is 9.49 Å². The molecule has 1 N–H and O–H groups in total. The minimum absolute atomic E-state index is 0.159. The molecule has 0 saturated carbocycles. The van der Waals surface area contributed by atoms with Crippen molar-refractivity contribution in [1.82, 2.24) is 20.1 Å². The highest BCUT2D eigenvalue weighted by atomic mass is 35.5. The average molecular weight is 602 g/mol. The molecule has 0 aliphatic carbocycles. The van der Waals surface area contributed by atoms with E-state index in [0.717, 1.165) is 59.4 Å². The predicted molar refractivity (Wildman–Crippen MR) is 155 cm³/mol. The maximum Gasteiger partial charge on any atom is 0.232 e. The summed E-state index contributed by atoms with van der Waals surface area (Å²) in [4.78, 5) is 6.00. The first-order valence-corrected chi connectivity index (χ1v) is 14.4. The number of benzene rings is 2. The SMILES string of the molecule is COc1cc(-c2n[nH]c3ccc(O[C@H](C)c4c(Cl)cnc(F)c4Cl)cc23)cc2c1OC1(CCN(C(C)C)CC1)OC2. The first-order valence-electron chi connectivity index (χ1n) is 13.6. The van der Waals surface area contributed by atoms with Crippen LogP contribution in [0.5, 0.6) is 17.2 Å². The third kappa shape index (κ3) is 5.20. The van der Waals surface area contributed by atoms with Gasteiger partial charge in [0.1, 0.15) is 22.6 Å². The van der Waals surface area contributed by atoms with Crippen LogP contribution in [0.4, 0.5) is 4.39 Å². The van der Waals surface area contributed by atoms with Gasteiger partial charge in [-0.15, -0.1) is 0 Å². The molecule has 1 fully saturated rings. The Balaban J connectivity index is 1.29. The van der Waals surface area contributed by atoms with E-state index < -0.39 is 17.8 Å². The van der Waals surface area contributed by atoms with Crippen LogP contribution in [0.1, 0.15) is 50.8 Å². The van der Waals surface area contributed by atoms with Crippen molar-refractivity contribution in [2.45, 2.75) is 58.2 Å². The fraction of sp³-hybridized carbons (Fsp3) is 0.400. The van der Waals surface area contributed by atoms with E-state index in [1.54, 1.807) is 20.1 Å². The van der Waals surface area contributed by atoms with E-state index in [9.17, 15) is 4.39 Å². The van der Waals surface area contributed by atoms with E-state index in [-0.39, 0.29) is 10.0 Å². The minimum Gasteiger partial charge on any atom is -0.493 e. The van der Waals surface area contributed by atoms with Crippen LogP contribution >= 0.6 is 23.2 Å². The molecule has 1 saturated heterocycles. The van der Waals surface area contributed by atoms with E-state index in [1.807, 2.05) is 24.3 Å². The molecule has 41 heavy (non-hydrogen) atoms. The van der Waals surface area contributed by atoms with Gasteiger partial charge in [-0.1, -0.05) is 23.2 Å². The standard InChI is InChI=1S/C30H31Cl2FN4O4/c1-16(2)37-9-7-30(8-10-37)39-15-19-11-18(12-24(38-4)28(19)41-30)27-21-13-20(5-6-23(21)35-36-27)40-17(3)25-22(31)14-34-29(33)26(25)32/h5-6,11-14,16-17H,7-10,15H2,1-4H3,(H,35,36)/t17-/m1/s1. The minimum atomic E-state index is -0.796. The molecule has 216 valence electrons. The zero-order valence-corrected chi connectivity index (χ0v) is 24.8. The first kappa shape index (κ1) is 28.0. The number of fused-ring (bicyclic) bond motifs is 2. The van der Waals surface area contributed by atoms with Crippen LogP contribution in [0.15, 0.2) is 36.5 Å². The van der Waals surface area contributed by atoms with Crippen molar-refractivity contribution in [1.29, 1.82) is 0 Å². The maximum absolute atomic E-state index is 14.0. The number of H-pyrrole nitrogens is 1. The third-order valence-electron chi connectivity index (χ3n) is 7.91. The average Bonchev–Trinajstić information content (AvgIpc) is 3.38. The van der Waals surface area contributed by atoms with Crippen LogP contribution in [-0.2, 0) is 11.3 Å². The van der Waals surface area contributed by atoms with Crippen molar-refractivity contribution < 1.29 is 23.3 Å². The highest BCUT2D eigenvalue weighted by Crippen LogP contribution is 2.46. The lowest BCUT2D eigenvalue weighted by Gasteiger charge is -2.45. The quantitative estimate of drug-likeness (QED) is 0.232. The molecule has 0 amide bonds. The second-order valence-electron chi connectivity index (χ2n) is 10.8. The third-order valence-corrected chi connectivity index (χ3v) is 8.57. The monoisotopic (exact) mass is 600 g/mol. The number of nitrogens with zero attached hydrogens (tertiary/aromatic N) is 3. The van der Waals surface area contributed by atoms with Gasteiger partial charge >= 0.3 is 0 Å². The number of piperidine rings is 1. The van der Waals surface area contributed by atoms with E-state index >= 15 is 0 Å². The van der Waals surface area contributed by atoms with E-state index in [2.05, 4.69) is 33.9 Å². The fourth-order valence-corrected chi connectivity index (χ4v) is 6.25. The fourth-order valence-electron chi connectivity index (χ4n) is 5.60. The first-order chi connectivity index (χ1) is 19.7. The van der Waals surface area contributed by atoms with Gasteiger partial charge in [0.25, 0.3) is 0 Å². The molecule has 0 bridgehead atoms. The van der Waals surface area contributed by atoms with Crippen LogP contribution in [0.2, 0.25) is 10.0 Å². The number of halogens is 3. The summed E-state index contributed by atoms with van der Waals surface area (Å²) < 4.78 is 38.8. The number of ether oxygens (including phenoxy) is 4. The highest BCUT2D eigenvalue weighted by molar-refractivity contribution is 6.35. The predicted octanol–water partition coefficient (Wildman–Crippen LogP) is 7.33. The molecule has 2 aromatic heterocycles. The van der Waals surface area contributed by atoms with Crippen LogP contribution in [0.3, 0.4) is 0 Å². The number of methoxy groups -OCH3 is 1. The Morgan fingerprint density at radius 2 is 1.90 bits per heavy atom. The van der Waals surface area contributed by atoms with Gasteiger partial charge in [0.2, 0.25) is 11.7 Å². The van der Waals surface area contributed by atoms with Gasteiger partial charge in [0.15, 0.2) is 11.5 Å². The van der Waals surface area contributed by atoms with Crippen molar-refractivity contribution in [2.75, 3.05) is 20.2 Å². The number of aromatic nitrogens is 3. The molecule has 1 atom stereocenters. The molecule has 6 rings (SSSR count).